The van der Waals surface area contributed by atoms with Crippen molar-refractivity contribution < 1.29 is 4.74 Å². The van der Waals surface area contributed by atoms with Gasteiger partial charge in [-0.15, -0.1) is 0 Å². The summed E-state index contributed by atoms with van der Waals surface area (Å²) in [5, 5.41) is 2.51. The second kappa shape index (κ2) is 7.03. The fourth-order valence-corrected chi connectivity index (χ4v) is 2.54. The number of fused-ring (bicyclic) bond motifs is 1. The maximum atomic E-state index is 5.44. The van der Waals surface area contributed by atoms with E-state index in [0.29, 0.717) is 6.61 Å². The molecule has 0 atom stereocenters. The molecule has 0 heterocycles. The molecule has 1 nitrogen and oxygen atoms in total. The molecule has 0 amide bonds. The normalized spacial score (nSPS) is 10.2. The Labute approximate surface area is 137 Å². The largest absolute Gasteiger partial charge is 0.494 e. The van der Waals surface area contributed by atoms with Gasteiger partial charge in [-0.2, -0.15) is 0 Å². The van der Waals surface area contributed by atoms with E-state index < -0.39 is 0 Å². The van der Waals surface area contributed by atoms with Crippen molar-refractivity contribution >= 4 is 10.8 Å². The van der Waals surface area contributed by atoms with Crippen molar-refractivity contribution in [3.05, 3.63) is 77.4 Å². The quantitative estimate of drug-likeness (QED) is 0.604. The first-order chi connectivity index (χ1) is 11.3. The lowest BCUT2D eigenvalue weighted by Crippen LogP contribution is -1.90. The van der Waals surface area contributed by atoms with Gasteiger partial charge in [-0.25, -0.2) is 0 Å². The van der Waals surface area contributed by atoms with Gasteiger partial charge in [0.15, 0.2) is 0 Å². The molecule has 0 unspecified atom stereocenters. The first kappa shape index (κ1) is 15.2. The van der Waals surface area contributed by atoms with E-state index in [1.165, 1.54) is 16.3 Å². The minimum Gasteiger partial charge on any atom is -0.494 e. The summed E-state index contributed by atoms with van der Waals surface area (Å²) in [6, 6.07) is 20.9. The van der Waals surface area contributed by atoms with Crippen molar-refractivity contribution in [2.24, 2.45) is 0 Å². The molecule has 0 aliphatic rings. The maximum Gasteiger partial charge on any atom is 0.119 e. The monoisotopic (exact) mass is 300 g/mol. The summed E-state index contributed by atoms with van der Waals surface area (Å²) in [5.74, 6) is 7.34. The molecule has 3 aromatic rings. The Bertz CT molecular complexity index is 864. The third-order valence-corrected chi connectivity index (χ3v) is 3.83. The Morgan fingerprint density at radius 1 is 0.739 bits per heavy atom. The summed E-state index contributed by atoms with van der Waals surface area (Å²) < 4.78 is 5.44. The lowest BCUT2D eigenvalue weighted by Gasteiger charge is -2.02. The van der Waals surface area contributed by atoms with Gasteiger partial charge in [-0.05, 0) is 66.1 Å². The highest BCUT2D eigenvalue weighted by Gasteiger charge is 1.97. The summed E-state index contributed by atoms with van der Waals surface area (Å²) in [6.45, 7) is 4.84. The summed E-state index contributed by atoms with van der Waals surface area (Å²) in [7, 11) is 0. The van der Waals surface area contributed by atoms with Gasteiger partial charge in [0.25, 0.3) is 0 Å². The second-order valence-corrected chi connectivity index (χ2v) is 5.46. The number of hydrogen-bond donors (Lipinski definition) is 0. The predicted octanol–water partition coefficient (Wildman–Crippen LogP) is 5.20. The van der Waals surface area contributed by atoms with E-state index in [9.17, 15) is 0 Å². The van der Waals surface area contributed by atoms with Crippen LogP contribution in [0.4, 0.5) is 0 Å². The Morgan fingerprint density at radius 3 is 2.13 bits per heavy atom. The van der Waals surface area contributed by atoms with Crippen LogP contribution >= 0.6 is 0 Å². The Kier molecular flexibility index (Phi) is 4.64. The van der Waals surface area contributed by atoms with Gasteiger partial charge in [0.05, 0.1) is 6.61 Å². The van der Waals surface area contributed by atoms with Crippen LogP contribution in [0, 0.1) is 11.8 Å². The Hall–Kier alpha value is -2.72. The Morgan fingerprint density at radius 2 is 1.39 bits per heavy atom. The standard InChI is InChI=1S/C22H20O/c1-3-17-7-11-21-16-19(8-12-20(21)15-17)6-5-18-9-13-22(14-10-18)23-4-2/h7-16H,3-4H2,1-2H3. The van der Waals surface area contributed by atoms with E-state index in [1.54, 1.807) is 0 Å². The zero-order valence-corrected chi connectivity index (χ0v) is 13.6. The van der Waals surface area contributed by atoms with Gasteiger partial charge < -0.3 is 4.74 Å². The number of hydrogen-bond acceptors (Lipinski definition) is 1. The maximum absolute atomic E-state index is 5.44. The van der Waals surface area contributed by atoms with Crippen molar-refractivity contribution in [3.8, 4) is 17.6 Å². The first-order valence-corrected chi connectivity index (χ1v) is 8.06. The van der Waals surface area contributed by atoms with Gasteiger partial charge in [0.2, 0.25) is 0 Å². The minimum absolute atomic E-state index is 0.682. The van der Waals surface area contributed by atoms with E-state index in [0.717, 1.165) is 23.3 Å². The van der Waals surface area contributed by atoms with Gasteiger partial charge in [0, 0.05) is 11.1 Å². The Balaban J connectivity index is 1.84. The van der Waals surface area contributed by atoms with Gasteiger partial charge >= 0.3 is 0 Å². The molecule has 114 valence electrons. The molecule has 0 aliphatic carbocycles. The lowest BCUT2D eigenvalue weighted by molar-refractivity contribution is 0.340. The molecule has 0 saturated carbocycles. The fourth-order valence-electron chi connectivity index (χ4n) is 2.54. The minimum atomic E-state index is 0.682. The van der Waals surface area contributed by atoms with Gasteiger partial charge in [-0.3, -0.25) is 0 Å². The van der Waals surface area contributed by atoms with Crippen molar-refractivity contribution in [1.29, 1.82) is 0 Å². The van der Waals surface area contributed by atoms with Crippen molar-refractivity contribution in [1.82, 2.24) is 0 Å². The summed E-state index contributed by atoms with van der Waals surface area (Å²) >= 11 is 0. The van der Waals surface area contributed by atoms with Crippen LogP contribution in [-0.2, 0) is 6.42 Å². The topological polar surface area (TPSA) is 9.23 Å². The summed E-state index contributed by atoms with van der Waals surface area (Å²) in [6.07, 6.45) is 1.06. The van der Waals surface area contributed by atoms with Crippen LogP contribution in [-0.4, -0.2) is 6.61 Å². The highest BCUT2D eigenvalue weighted by Crippen LogP contribution is 2.18. The van der Waals surface area contributed by atoms with E-state index in [4.69, 9.17) is 4.74 Å². The SMILES string of the molecule is CCOc1ccc(C#Cc2ccc3cc(CC)ccc3c2)cc1. The molecule has 23 heavy (non-hydrogen) atoms. The van der Waals surface area contributed by atoms with Crippen LogP contribution in [0.15, 0.2) is 60.7 Å². The molecule has 0 radical (unpaired) electrons. The molecule has 1 heteroatoms. The van der Waals surface area contributed by atoms with Crippen LogP contribution in [0.2, 0.25) is 0 Å². The molecule has 0 N–H and O–H groups in total. The van der Waals surface area contributed by atoms with Crippen LogP contribution in [0.5, 0.6) is 5.75 Å². The van der Waals surface area contributed by atoms with Crippen LogP contribution in [0.25, 0.3) is 10.8 Å². The summed E-state index contributed by atoms with van der Waals surface area (Å²) in [4.78, 5) is 0. The van der Waals surface area contributed by atoms with E-state index in [2.05, 4.69) is 55.2 Å². The van der Waals surface area contributed by atoms with Gasteiger partial charge in [0.1, 0.15) is 5.75 Å². The van der Waals surface area contributed by atoms with E-state index in [-0.39, 0.29) is 0 Å². The van der Waals surface area contributed by atoms with Crippen LogP contribution in [0.1, 0.15) is 30.5 Å². The number of aryl methyl sites for hydroxylation is 1. The molecule has 0 fully saturated rings. The molecule has 0 spiro atoms. The van der Waals surface area contributed by atoms with Crippen molar-refractivity contribution in [3.63, 3.8) is 0 Å². The molecular formula is C22H20O. The molecule has 3 rings (SSSR count). The average Bonchev–Trinajstić information content (AvgIpc) is 2.61. The molecular weight excluding hydrogens is 280 g/mol. The van der Waals surface area contributed by atoms with Crippen LogP contribution < -0.4 is 4.74 Å². The molecule has 0 aromatic heterocycles. The highest BCUT2D eigenvalue weighted by atomic mass is 16.5. The average molecular weight is 300 g/mol. The van der Waals surface area contributed by atoms with E-state index in [1.807, 2.05) is 31.2 Å². The zero-order valence-electron chi connectivity index (χ0n) is 13.6. The molecule has 3 aromatic carbocycles. The van der Waals surface area contributed by atoms with Crippen LogP contribution in [0.3, 0.4) is 0 Å². The van der Waals surface area contributed by atoms with Crippen molar-refractivity contribution in [2.45, 2.75) is 20.3 Å². The predicted molar refractivity (Wildman–Crippen MR) is 96.9 cm³/mol. The number of ether oxygens (including phenoxy) is 1. The number of benzene rings is 3. The van der Waals surface area contributed by atoms with E-state index >= 15 is 0 Å². The zero-order chi connectivity index (χ0) is 16.1. The molecule has 0 aliphatic heterocycles. The first-order valence-electron chi connectivity index (χ1n) is 8.06. The fraction of sp³-hybridized carbons (Fsp3) is 0.182. The van der Waals surface area contributed by atoms with Crippen molar-refractivity contribution in [2.75, 3.05) is 6.61 Å². The smallest absolute Gasteiger partial charge is 0.119 e. The second-order valence-electron chi connectivity index (χ2n) is 5.46. The summed E-state index contributed by atoms with van der Waals surface area (Å²) in [5.41, 5.74) is 3.40. The molecule has 0 saturated heterocycles. The third kappa shape index (κ3) is 3.73. The van der Waals surface area contributed by atoms with Gasteiger partial charge in [-0.1, -0.05) is 43.0 Å². The number of rotatable bonds is 3. The highest BCUT2D eigenvalue weighted by molar-refractivity contribution is 5.84. The lowest BCUT2D eigenvalue weighted by atomic mass is 10.0. The third-order valence-electron chi connectivity index (χ3n) is 3.83. The molecule has 0 bridgehead atoms.